The molecule has 0 saturated heterocycles. The summed E-state index contributed by atoms with van der Waals surface area (Å²) in [5, 5.41) is 16.8. The maximum absolute atomic E-state index is 13.2. The lowest BCUT2D eigenvalue weighted by molar-refractivity contribution is -0.119. The lowest BCUT2D eigenvalue weighted by Crippen LogP contribution is -2.23. The average Bonchev–Trinajstić information content (AvgIpc) is 3.24. The van der Waals surface area contributed by atoms with Gasteiger partial charge >= 0.3 is 0 Å². The van der Waals surface area contributed by atoms with E-state index in [-0.39, 0.29) is 29.4 Å². The van der Waals surface area contributed by atoms with Gasteiger partial charge in [0, 0.05) is 43.2 Å². The van der Waals surface area contributed by atoms with Gasteiger partial charge in [-0.1, -0.05) is 24.3 Å². The molecule has 0 fully saturated rings. The number of hydrogen-bond donors (Lipinski definition) is 1. The van der Waals surface area contributed by atoms with Gasteiger partial charge in [-0.05, 0) is 63.0 Å². The molecule has 1 N–H and O–H groups in total. The second-order valence-electron chi connectivity index (χ2n) is 9.66. The summed E-state index contributed by atoms with van der Waals surface area (Å²) in [6, 6.07) is 7.77. The average molecular weight is 485 g/mol. The Morgan fingerprint density at radius 3 is 2.28 bits per heavy atom. The van der Waals surface area contributed by atoms with Gasteiger partial charge in [0.25, 0.3) is 0 Å². The predicted octanol–water partition coefficient (Wildman–Crippen LogP) is 4.65. The molecule has 186 valence electrons. The predicted molar refractivity (Wildman–Crippen MR) is 144 cm³/mol. The summed E-state index contributed by atoms with van der Waals surface area (Å²) in [4.78, 5) is 30.5. The summed E-state index contributed by atoms with van der Waals surface area (Å²) in [6.07, 6.45) is 3.98. The van der Waals surface area contributed by atoms with Crippen LogP contribution in [0.5, 0.6) is 0 Å². The summed E-state index contributed by atoms with van der Waals surface area (Å²) < 4.78 is 1.94. The van der Waals surface area contributed by atoms with E-state index in [4.69, 9.17) is 0 Å². The first-order chi connectivity index (χ1) is 17.0. The smallest absolute Gasteiger partial charge is 0.203 e. The molecule has 7 nitrogen and oxygen atoms in total. The summed E-state index contributed by atoms with van der Waals surface area (Å²) in [5.41, 5.74) is 8.01. The van der Waals surface area contributed by atoms with Crippen molar-refractivity contribution in [3.8, 4) is 0 Å². The quantitative estimate of drug-likeness (QED) is 0.352. The van der Waals surface area contributed by atoms with Crippen LogP contribution < -0.4 is 0 Å². The number of hydrazone groups is 1. The van der Waals surface area contributed by atoms with Crippen LogP contribution in [0, 0.1) is 20.8 Å². The molecule has 1 aromatic carbocycles. The summed E-state index contributed by atoms with van der Waals surface area (Å²) in [5.74, 6) is -0.162. The minimum absolute atomic E-state index is 0.0197. The fourth-order valence-electron chi connectivity index (χ4n) is 4.80. The highest BCUT2D eigenvalue weighted by Gasteiger charge is 2.40. The van der Waals surface area contributed by atoms with E-state index in [1.54, 1.807) is 11.2 Å². The van der Waals surface area contributed by atoms with Crippen LogP contribution in [0.4, 0.5) is 0 Å². The molecule has 2 aliphatic rings. The Morgan fingerprint density at radius 1 is 1.06 bits per heavy atom. The normalized spacial score (nSPS) is 17.6. The number of aliphatic hydroxyl groups excluding tert-OH is 1. The van der Waals surface area contributed by atoms with Crippen LogP contribution in [0.3, 0.4) is 0 Å². The zero-order valence-corrected chi connectivity index (χ0v) is 21.9. The summed E-state index contributed by atoms with van der Waals surface area (Å²) >= 11 is 0. The number of hydrogen-bond acceptors (Lipinski definition) is 6. The standard InChI is InChI=1S/C29H32N4O3/c1-16-12-17(2)31-27(16)26-28(35)25(29(26)36)24-18(3)19(4)33(20(24)5)15-23(34)13-21-8-10-22(11-9-21)14-30-32(6)7/h8-12,14,35H,13,15H2,1-7H3/b27-26?,30-14+. The topological polar surface area (TPSA) is 87.3 Å². The molecule has 2 heterocycles. The fraction of sp³-hybridized carbons (Fsp3) is 0.310. The number of ketones is 2. The van der Waals surface area contributed by atoms with E-state index < -0.39 is 0 Å². The highest BCUT2D eigenvalue weighted by Crippen LogP contribution is 2.43. The van der Waals surface area contributed by atoms with Gasteiger partial charge < -0.3 is 14.7 Å². The Labute approximate surface area is 211 Å². The molecule has 0 radical (unpaired) electrons. The highest BCUT2D eigenvalue weighted by molar-refractivity contribution is 6.40. The van der Waals surface area contributed by atoms with E-state index in [0.29, 0.717) is 23.3 Å². The van der Waals surface area contributed by atoms with Crippen LogP contribution in [0.2, 0.25) is 0 Å². The summed E-state index contributed by atoms with van der Waals surface area (Å²) in [7, 11) is 3.72. The number of allylic oxidation sites excluding steroid dienone is 4. The minimum atomic E-state index is -0.207. The molecule has 1 aliphatic heterocycles. The van der Waals surface area contributed by atoms with Crippen molar-refractivity contribution >= 4 is 29.1 Å². The Kier molecular flexibility index (Phi) is 6.67. The van der Waals surface area contributed by atoms with E-state index in [2.05, 4.69) is 10.1 Å². The Hall–Kier alpha value is -4.00. The van der Waals surface area contributed by atoms with Crippen LogP contribution in [0.25, 0.3) is 5.57 Å². The molecule has 0 bridgehead atoms. The molecule has 0 amide bonds. The SMILES string of the molecule is CC1=CC(C)=NC1=C1C(=O)C(c2c(C)c(C)n(CC(=O)Cc3ccc(/C=N/N(C)C)cc3)c2C)=C1O. The molecule has 7 heteroatoms. The Balaban J connectivity index is 1.57. The van der Waals surface area contributed by atoms with Crippen molar-refractivity contribution in [2.75, 3.05) is 14.1 Å². The van der Waals surface area contributed by atoms with E-state index in [0.717, 1.165) is 39.4 Å². The number of carbonyl (C=O) groups excluding carboxylic acids is 2. The van der Waals surface area contributed by atoms with Crippen LogP contribution in [0.1, 0.15) is 47.5 Å². The van der Waals surface area contributed by atoms with Crippen LogP contribution in [-0.4, -0.2) is 52.3 Å². The van der Waals surface area contributed by atoms with Crippen molar-refractivity contribution in [3.05, 3.63) is 86.6 Å². The largest absolute Gasteiger partial charge is 0.506 e. The number of carbonyl (C=O) groups is 2. The van der Waals surface area contributed by atoms with Gasteiger partial charge in [-0.3, -0.25) is 14.6 Å². The molecule has 0 unspecified atom stereocenters. The van der Waals surface area contributed by atoms with Crippen LogP contribution in [-0.2, 0) is 22.6 Å². The van der Waals surface area contributed by atoms with E-state index in [1.807, 2.05) is 83.6 Å². The maximum Gasteiger partial charge on any atom is 0.203 e. The van der Waals surface area contributed by atoms with Gasteiger partial charge in [0.05, 0.1) is 29.6 Å². The molecular weight excluding hydrogens is 452 g/mol. The lowest BCUT2D eigenvalue weighted by Gasteiger charge is -2.23. The van der Waals surface area contributed by atoms with Gasteiger partial charge in [0.2, 0.25) is 5.78 Å². The molecule has 36 heavy (non-hydrogen) atoms. The molecule has 0 atom stereocenters. The number of rotatable bonds is 7. The first-order valence-corrected chi connectivity index (χ1v) is 11.9. The second-order valence-corrected chi connectivity index (χ2v) is 9.66. The lowest BCUT2D eigenvalue weighted by atomic mass is 9.80. The van der Waals surface area contributed by atoms with Crippen molar-refractivity contribution in [3.63, 3.8) is 0 Å². The zero-order valence-electron chi connectivity index (χ0n) is 21.9. The minimum Gasteiger partial charge on any atom is -0.506 e. The van der Waals surface area contributed by atoms with Gasteiger partial charge in [-0.15, -0.1) is 0 Å². The van der Waals surface area contributed by atoms with E-state index >= 15 is 0 Å². The third kappa shape index (κ3) is 4.49. The van der Waals surface area contributed by atoms with Crippen molar-refractivity contribution in [1.29, 1.82) is 0 Å². The molecule has 1 aromatic heterocycles. The molecule has 0 saturated carbocycles. The molecular formula is C29H32N4O3. The number of aliphatic hydroxyl groups is 1. The Morgan fingerprint density at radius 2 is 1.72 bits per heavy atom. The molecule has 1 aliphatic carbocycles. The van der Waals surface area contributed by atoms with E-state index in [9.17, 15) is 14.7 Å². The third-order valence-corrected chi connectivity index (χ3v) is 6.74. The van der Waals surface area contributed by atoms with Crippen molar-refractivity contribution in [1.82, 2.24) is 9.58 Å². The summed E-state index contributed by atoms with van der Waals surface area (Å²) in [6.45, 7) is 9.70. The maximum atomic E-state index is 13.2. The number of benzene rings is 1. The van der Waals surface area contributed by atoms with Crippen LogP contribution in [0.15, 0.2) is 63.0 Å². The highest BCUT2D eigenvalue weighted by atomic mass is 16.3. The van der Waals surface area contributed by atoms with Gasteiger partial charge in [-0.25, -0.2) is 0 Å². The van der Waals surface area contributed by atoms with Gasteiger partial charge in [-0.2, -0.15) is 5.10 Å². The van der Waals surface area contributed by atoms with Crippen molar-refractivity contribution in [2.45, 2.75) is 47.6 Å². The molecule has 0 spiro atoms. The number of nitrogens with zero attached hydrogens (tertiary/aromatic N) is 4. The van der Waals surface area contributed by atoms with E-state index in [1.165, 1.54) is 0 Å². The van der Waals surface area contributed by atoms with Gasteiger partial charge in [0.1, 0.15) is 5.76 Å². The molecule has 2 aromatic rings. The van der Waals surface area contributed by atoms with Gasteiger partial charge in [0.15, 0.2) is 5.78 Å². The van der Waals surface area contributed by atoms with Crippen molar-refractivity contribution in [2.24, 2.45) is 10.1 Å². The number of Topliss-reactive ketones (excluding diaryl/α,β-unsaturated/α-hetero) is 2. The second kappa shape index (κ2) is 9.57. The monoisotopic (exact) mass is 484 g/mol. The number of aromatic nitrogens is 1. The van der Waals surface area contributed by atoms with Crippen molar-refractivity contribution < 1.29 is 14.7 Å². The number of aliphatic imine (C=N–C) groups is 1. The zero-order chi connectivity index (χ0) is 26.3. The Bertz CT molecular complexity index is 1430. The first-order valence-electron chi connectivity index (χ1n) is 11.9. The first kappa shape index (κ1) is 25.1. The third-order valence-electron chi connectivity index (χ3n) is 6.74. The molecule has 4 rings (SSSR count). The fourth-order valence-corrected chi connectivity index (χ4v) is 4.80. The van der Waals surface area contributed by atoms with Crippen LogP contribution >= 0.6 is 0 Å².